The number of esters is 2. The Balaban J connectivity index is 2.00. The third-order valence-corrected chi connectivity index (χ3v) is 4.03. The summed E-state index contributed by atoms with van der Waals surface area (Å²) in [6, 6.07) is 12.3. The van der Waals surface area contributed by atoms with Crippen LogP contribution in [0.3, 0.4) is 0 Å². The van der Waals surface area contributed by atoms with E-state index < -0.39 is 29.7 Å². The molecule has 152 valence electrons. The number of rotatable bonds is 6. The lowest BCUT2D eigenvalue weighted by atomic mass is 9.95. The Labute approximate surface area is 169 Å². The summed E-state index contributed by atoms with van der Waals surface area (Å²) in [5, 5.41) is 2.76. The van der Waals surface area contributed by atoms with Crippen LogP contribution in [0.25, 0.3) is 0 Å². The number of amides is 1. The normalized spacial score (nSPS) is 10.8. The molecule has 0 atom stereocenters. The third kappa shape index (κ3) is 5.75. The number of Topliss-reactive ketones (excluding diaryl/α,β-unsaturated/α-hetero) is 1. The van der Waals surface area contributed by atoms with E-state index in [2.05, 4.69) is 10.1 Å². The molecule has 0 spiro atoms. The van der Waals surface area contributed by atoms with Crippen molar-refractivity contribution in [2.75, 3.05) is 19.0 Å². The standard InChI is InChI=1S/C22H23NO6/c1-22(2,3)21(27)23-15-11-9-14(10-12-15)18(24)13-29-20(26)17-8-6-5-7-16(17)19(25)28-4/h5-12H,13H2,1-4H3,(H,23,27). The number of carbonyl (C=O) groups is 4. The number of methoxy groups -OCH3 is 1. The average Bonchev–Trinajstić information content (AvgIpc) is 2.71. The highest BCUT2D eigenvalue weighted by molar-refractivity contribution is 6.04. The second-order valence-corrected chi connectivity index (χ2v) is 7.32. The first-order valence-electron chi connectivity index (χ1n) is 8.92. The number of benzene rings is 2. The molecular formula is C22H23NO6. The summed E-state index contributed by atoms with van der Waals surface area (Å²) in [5.41, 5.74) is 0.431. The quantitative estimate of drug-likeness (QED) is 0.592. The molecule has 0 saturated carbocycles. The minimum Gasteiger partial charge on any atom is -0.465 e. The van der Waals surface area contributed by atoms with Gasteiger partial charge in [-0.15, -0.1) is 0 Å². The molecule has 0 saturated heterocycles. The lowest BCUT2D eigenvalue weighted by Gasteiger charge is -2.17. The summed E-state index contributed by atoms with van der Waals surface area (Å²) in [7, 11) is 1.21. The van der Waals surface area contributed by atoms with Crippen LogP contribution in [0.2, 0.25) is 0 Å². The molecule has 7 heteroatoms. The molecule has 0 unspecified atom stereocenters. The molecule has 7 nitrogen and oxygen atoms in total. The SMILES string of the molecule is COC(=O)c1ccccc1C(=O)OCC(=O)c1ccc(NC(=O)C(C)(C)C)cc1. The van der Waals surface area contributed by atoms with Crippen LogP contribution < -0.4 is 5.32 Å². The van der Waals surface area contributed by atoms with Crippen LogP contribution in [-0.4, -0.2) is 37.3 Å². The van der Waals surface area contributed by atoms with Crippen LogP contribution in [0.15, 0.2) is 48.5 Å². The summed E-state index contributed by atoms with van der Waals surface area (Å²) >= 11 is 0. The van der Waals surface area contributed by atoms with E-state index >= 15 is 0 Å². The minimum atomic E-state index is -0.798. The van der Waals surface area contributed by atoms with Crippen molar-refractivity contribution >= 4 is 29.3 Å². The van der Waals surface area contributed by atoms with E-state index in [1.54, 1.807) is 45.0 Å². The lowest BCUT2D eigenvalue weighted by molar-refractivity contribution is -0.123. The molecular weight excluding hydrogens is 374 g/mol. The zero-order valence-electron chi connectivity index (χ0n) is 16.8. The third-order valence-electron chi connectivity index (χ3n) is 4.03. The zero-order valence-corrected chi connectivity index (χ0v) is 16.8. The van der Waals surface area contributed by atoms with Gasteiger partial charge in [0, 0.05) is 16.7 Å². The Morgan fingerprint density at radius 2 is 1.41 bits per heavy atom. The minimum absolute atomic E-state index is 0.0207. The number of nitrogens with one attached hydrogen (secondary N) is 1. The number of anilines is 1. The van der Waals surface area contributed by atoms with Gasteiger partial charge >= 0.3 is 11.9 Å². The summed E-state index contributed by atoms with van der Waals surface area (Å²) in [6.07, 6.45) is 0. The van der Waals surface area contributed by atoms with Crippen LogP contribution in [0, 0.1) is 5.41 Å². The van der Waals surface area contributed by atoms with Crippen LogP contribution >= 0.6 is 0 Å². The molecule has 0 aliphatic carbocycles. The molecule has 1 amide bonds. The second kappa shape index (κ2) is 9.14. The highest BCUT2D eigenvalue weighted by atomic mass is 16.5. The summed E-state index contributed by atoms with van der Waals surface area (Å²) in [5.74, 6) is -2.03. The van der Waals surface area contributed by atoms with E-state index in [0.29, 0.717) is 11.3 Å². The van der Waals surface area contributed by atoms with E-state index in [4.69, 9.17) is 4.74 Å². The number of carbonyl (C=O) groups excluding carboxylic acids is 4. The molecule has 2 rings (SSSR count). The highest BCUT2D eigenvalue weighted by Gasteiger charge is 2.22. The van der Waals surface area contributed by atoms with Gasteiger partial charge in [-0.05, 0) is 36.4 Å². The van der Waals surface area contributed by atoms with Crippen molar-refractivity contribution in [3.8, 4) is 0 Å². The maximum absolute atomic E-state index is 12.3. The second-order valence-electron chi connectivity index (χ2n) is 7.32. The number of hydrogen-bond donors (Lipinski definition) is 1. The first-order chi connectivity index (χ1) is 13.6. The van der Waals surface area contributed by atoms with Gasteiger partial charge in [0.2, 0.25) is 5.91 Å². The molecule has 2 aromatic rings. The van der Waals surface area contributed by atoms with Gasteiger partial charge in [0.1, 0.15) is 0 Å². The van der Waals surface area contributed by atoms with Crippen LogP contribution in [0.5, 0.6) is 0 Å². The van der Waals surface area contributed by atoms with E-state index in [-0.39, 0.29) is 17.0 Å². The maximum Gasteiger partial charge on any atom is 0.339 e. The molecule has 0 aliphatic rings. The maximum atomic E-state index is 12.3. The number of ketones is 1. The molecule has 0 bridgehead atoms. The largest absolute Gasteiger partial charge is 0.465 e. The van der Waals surface area contributed by atoms with Crippen LogP contribution in [-0.2, 0) is 14.3 Å². The van der Waals surface area contributed by atoms with E-state index in [1.807, 2.05) is 0 Å². The van der Waals surface area contributed by atoms with Gasteiger partial charge in [0.25, 0.3) is 0 Å². The summed E-state index contributed by atoms with van der Waals surface area (Å²) in [4.78, 5) is 48.3. The average molecular weight is 397 g/mol. The Morgan fingerprint density at radius 1 is 0.862 bits per heavy atom. The molecule has 2 aromatic carbocycles. The van der Waals surface area contributed by atoms with Gasteiger partial charge in [-0.3, -0.25) is 9.59 Å². The number of ether oxygens (including phenoxy) is 2. The van der Waals surface area contributed by atoms with Crippen molar-refractivity contribution < 1.29 is 28.7 Å². The molecule has 0 radical (unpaired) electrons. The van der Waals surface area contributed by atoms with Crippen molar-refractivity contribution in [2.45, 2.75) is 20.8 Å². The Hall–Kier alpha value is -3.48. The molecule has 0 aromatic heterocycles. The smallest absolute Gasteiger partial charge is 0.339 e. The Bertz CT molecular complexity index is 925. The van der Waals surface area contributed by atoms with Gasteiger partial charge in [0.15, 0.2) is 12.4 Å². The van der Waals surface area contributed by atoms with Gasteiger partial charge in [-0.1, -0.05) is 32.9 Å². The fourth-order valence-electron chi connectivity index (χ4n) is 2.30. The van der Waals surface area contributed by atoms with Crippen molar-refractivity contribution in [3.63, 3.8) is 0 Å². The molecule has 0 aliphatic heterocycles. The van der Waals surface area contributed by atoms with Crippen molar-refractivity contribution in [2.24, 2.45) is 5.41 Å². The van der Waals surface area contributed by atoms with Gasteiger partial charge in [0.05, 0.1) is 18.2 Å². The monoisotopic (exact) mass is 397 g/mol. The van der Waals surface area contributed by atoms with Crippen LogP contribution in [0.4, 0.5) is 5.69 Å². The van der Waals surface area contributed by atoms with Crippen molar-refractivity contribution in [3.05, 3.63) is 65.2 Å². The summed E-state index contributed by atoms with van der Waals surface area (Å²) < 4.78 is 9.69. The van der Waals surface area contributed by atoms with Crippen molar-refractivity contribution in [1.29, 1.82) is 0 Å². The molecule has 0 heterocycles. The fraction of sp³-hybridized carbons (Fsp3) is 0.273. The topological polar surface area (TPSA) is 98.8 Å². The number of hydrogen-bond acceptors (Lipinski definition) is 6. The van der Waals surface area contributed by atoms with E-state index in [1.165, 1.54) is 31.4 Å². The van der Waals surface area contributed by atoms with Crippen LogP contribution in [0.1, 0.15) is 51.8 Å². The van der Waals surface area contributed by atoms with E-state index in [9.17, 15) is 19.2 Å². The predicted octanol–water partition coefficient (Wildman–Crippen LogP) is 3.50. The van der Waals surface area contributed by atoms with Gasteiger partial charge in [-0.25, -0.2) is 9.59 Å². The molecule has 0 fully saturated rings. The zero-order chi connectivity index (χ0) is 21.6. The van der Waals surface area contributed by atoms with Crippen molar-refractivity contribution in [1.82, 2.24) is 0 Å². The predicted molar refractivity (Wildman–Crippen MR) is 107 cm³/mol. The molecule has 1 N–H and O–H groups in total. The van der Waals surface area contributed by atoms with Gasteiger partial charge in [-0.2, -0.15) is 0 Å². The fourth-order valence-corrected chi connectivity index (χ4v) is 2.30. The Kier molecular flexibility index (Phi) is 6.88. The first kappa shape index (κ1) is 21.8. The lowest BCUT2D eigenvalue weighted by Crippen LogP contribution is -2.27. The highest BCUT2D eigenvalue weighted by Crippen LogP contribution is 2.18. The van der Waals surface area contributed by atoms with Gasteiger partial charge < -0.3 is 14.8 Å². The Morgan fingerprint density at radius 3 is 1.93 bits per heavy atom. The first-order valence-corrected chi connectivity index (χ1v) is 8.92. The molecule has 29 heavy (non-hydrogen) atoms. The van der Waals surface area contributed by atoms with E-state index in [0.717, 1.165) is 0 Å². The summed E-state index contributed by atoms with van der Waals surface area (Å²) in [6.45, 7) is 4.91.